The molecule has 0 spiro atoms. The predicted octanol–water partition coefficient (Wildman–Crippen LogP) is 0.529. The van der Waals surface area contributed by atoms with Crippen LogP contribution < -0.4 is 10.6 Å². The maximum atomic E-state index is 9.05. The summed E-state index contributed by atoms with van der Waals surface area (Å²) in [5.74, 6) is 0.892. The van der Waals surface area contributed by atoms with Crippen molar-refractivity contribution in [1.82, 2.24) is 9.88 Å². The second-order valence-corrected chi connectivity index (χ2v) is 5.53. The fourth-order valence-electron chi connectivity index (χ4n) is 2.52. The number of aryl methyl sites for hydroxylation is 1. The summed E-state index contributed by atoms with van der Waals surface area (Å²) in [6.07, 6.45) is 1.05. The lowest BCUT2D eigenvalue weighted by Crippen LogP contribution is -2.33. The smallest absolute Gasteiger partial charge is 0.139 e. The molecule has 0 radical (unpaired) electrons. The van der Waals surface area contributed by atoms with E-state index in [2.05, 4.69) is 14.8 Å². The van der Waals surface area contributed by atoms with Crippen LogP contribution in [0.1, 0.15) is 17.7 Å². The molecule has 2 heterocycles. The van der Waals surface area contributed by atoms with Crippen molar-refractivity contribution in [2.45, 2.75) is 13.3 Å². The molecule has 3 N–H and O–H groups in total. The third-order valence-electron chi connectivity index (χ3n) is 3.58. The Hall–Kier alpha value is -1.24. The van der Waals surface area contributed by atoms with E-state index >= 15 is 0 Å². The highest BCUT2D eigenvalue weighted by Crippen LogP contribution is 2.20. The number of aromatic nitrogens is 1. The van der Waals surface area contributed by atoms with Gasteiger partial charge in [0.25, 0.3) is 0 Å². The second kappa shape index (κ2) is 6.97. The molecule has 1 aromatic heterocycles. The molecule has 0 aliphatic carbocycles. The van der Waals surface area contributed by atoms with Crippen molar-refractivity contribution in [2.75, 3.05) is 44.2 Å². The topological polar surface area (TPSA) is 65.6 Å². The number of thiocarbonyl (C=S) groups is 1. The number of aliphatic hydroxyl groups excluding tert-OH is 1. The largest absolute Gasteiger partial charge is 0.395 e. The summed E-state index contributed by atoms with van der Waals surface area (Å²) in [7, 11) is 0. The highest BCUT2D eigenvalue weighted by atomic mass is 32.1. The van der Waals surface area contributed by atoms with Gasteiger partial charge >= 0.3 is 0 Å². The first-order valence-corrected chi connectivity index (χ1v) is 7.38. The van der Waals surface area contributed by atoms with Gasteiger partial charge in [-0.1, -0.05) is 12.2 Å². The minimum Gasteiger partial charge on any atom is -0.395 e. The Kier molecular flexibility index (Phi) is 5.28. The van der Waals surface area contributed by atoms with Crippen LogP contribution in [0.4, 0.5) is 5.82 Å². The molecular weight excluding hydrogens is 272 g/mol. The number of nitrogens with two attached hydrogens (primary N) is 1. The van der Waals surface area contributed by atoms with Crippen molar-refractivity contribution in [3.63, 3.8) is 0 Å². The van der Waals surface area contributed by atoms with Gasteiger partial charge in [-0.05, 0) is 32.0 Å². The summed E-state index contributed by atoms with van der Waals surface area (Å²) in [5.41, 5.74) is 7.62. The third kappa shape index (κ3) is 3.65. The monoisotopic (exact) mass is 294 g/mol. The third-order valence-corrected chi connectivity index (χ3v) is 3.80. The van der Waals surface area contributed by atoms with Gasteiger partial charge in [-0.2, -0.15) is 0 Å². The number of anilines is 1. The van der Waals surface area contributed by atoms with Crippen LogP contribution >= 0.6 is 12.2 Å². The first kappa shape index (κ1) is 15.2. The van der Waals surface area contributed by atoms with Gasteiger partial charge in [0.2, 0.25) is 0 Å². The summed E-state index contributed by atoms with van der Waals surface area (Å²) < 4.78 is 0. The average molecular weight is 294 g/mol. The van der Waals surface area contributed by atoms with E-state index in [1.54, 1.807) is 0 Å². The van der Waals surface area contributed by atoms with Crippen molar-refractivity contribution < 1.29 is 5.11 Å². The molecule has 110 valence electrons. The summed E-state index contributed by atoms with van der Waals surface area (Å²) in [4.78, 5) is 9.54. The lowest BCUT2D eigenvalue weighted by atomic mass is 10.2. The van der Waals surface area contributed by atoms with Gasteiger partial charge in [0.1, 0.15) is 10.8 Å². The number of β-amino-alcohol motifs (C(OH)–C–C–N with tert-alkyl or cyclic N) is 1. The molecule has 0 saturated carbocycles. The predicted molar refractivity (Wildman–Crippen MR) is 85.2 cm³/mol. The Balaban J connectivity index is 2.18. The number of nitrogens with zero attached hydrogens (tertiary/aromatic N) is 3. The summed E-state index contributed by atoms with van der Waals surface area (Å²) in [6.45, 7) is 6.67. The fraction of sp³-hybridized carbons (Fsp3) is 0.571. The highest BCUT2D eigenvalue weighted by molar-refractivity contribution is 7.80. The molecule has 0 bridgehead atoms. The fourth-order valence-corrected chi connectivity index (χ4v) is 2.68. The first-order valence-electron chi connectivity index (χ1n) is 6.97. The molecule has 20 heavy (non-hydrogen) atoms. The van der Waals surface area contributed by atoms with E-state index in [9.17, 15) is 0 Å². The van der Waals surface area contributed by atoms with Crippen molar-refractivity contribution in [2.24, 2.45) is 5.73 Å². The van der Waals surface area contributed by atoms with E-state index in [1.807, 2.05) is 19.1 Å². The molecule has 5 nitrogen and oxygen atoms in total. The molecule has 1 fully saturated rings. The van der Waals surface area contributed by atoms with Crippen LogP contribution in [0.5, 0.6) is 0 Å². The van der Waals surface area contributed by atoms with E-state index in [-0.39, 0.29) is 6.61 Å². The zero-order valence-electron chi connectivity index (χ0n) is 11.9. The Bertz CT molecular complexity index is 480. The SMILES string of the molecule is Cc1ccc(C(N)=S)c(N2CCCN(CCO)CC2)n1. The van der Waals surface area contributed by atoms with Gasteiger partial charge < -0.3 is 15.7 Å². The van der Waals surface area contributed by atoms with Crippen LogP contribution in [0.25, 0.3) is 0 Å². The number of hydrogen-bond donors (Lipinski definition) is 2. The zero-order chi connectivity index (χ0) is 14.5. The molecule has 1 saturated heterocycles. The molecule has 1 aromatic rings. The molecule has 2 rings (SSSR count). The van der Waals surface area contributed by atoms with Crippen LogP contribution in [-0.4, -0.2) is 59.3 Å². The lowest BCUT2D eigenvalue weighted by molar-refractivity contribution is 0.204. The van der Waals surface area contributed by atoms with E-state index in [1.165, 1.54) is 0 Å². The number of pyridine rings is 1. The van der Waals surface area contributed by atoms with E-state index in [0.29, 0.717) is 4.99 Å². The average Bonchev–Trinajstić information content (AvgIpc) is 2.64. The summed E-state index contributed by atoms with van der Waals surface area (Å²) in [5, 5.41) is 9.05. The number of aliphatic hydroxyl groups is 1. The maximum absolute atomic E-state index is 9.05. The van der Waals surface area contributed by atoms with E-state index < -0.39 is 0 Å². The standard InChI is InChI=1S/C14H22N4OS/c1-11-3-4-12(13(15)20)14(16-11)18-6-2-5-17(7-8-18)9-10-19/h3-4,19H,2,5-10H2,1H3,(H2,15,20). The van der Waals surface area contributed by atoms with Crippen molar-refractivity contribution in [3.8, 4) is 0 Å². The Morgan fingerprint density at radius 1 is 1.35 bits per heavy atom. The van der Waals surface area contributed by atoms with Crippen molar-refractivity contribution >= 4 is 23.0 Å². The van der Waals surface area contributed by atoms with E-state index in [4.69, 9.17) is 23.1 Å². The maximum Gasteiger partial charge on any atom is 0.139 e. The van der Waals surface area contributed by atoms with Gasteiger partial charge in [0.05, 0.1) is 12.2 Å². The van der Waals surface area contributed by atoms with Gasteiger partial charge in [-0.15, -0.1) is 0 Å². The minimum absolute atomic E-state index is 0.209. The van der Waals surface area contributed by atoms with Crippen molar-refractivity contribution in [1.29, 1.82) is 0 Å². The van der Waals surface area contributed by atoms with Gasteiger partial charge in [-0.25, -0.2) is 4.98 Å². The van der Waals surface area contributed by atoms with Crippen LogP contribution in [0.3, 0.4) is 0 Å². The molecule has 0 aromatic carbocycles. The Morgan fingerprint density at radius 3 is 2.85 bits per heavy atom. The Labute approximate surface area is 125 Å². The molecule has 6 heteroatoms. The quantitative estimate of drug-likeness (QED) is 0.790. The summed E-state index contributed by atoms with van der Waals surface area (Å²) >= 11 is 5.13. The second-order valence-electron chi connectivity index (χ2n) is 5.09. The normalized spacial score (nSPS) is 17.0. The van der Waals surface area contributed by atoms with Gasteiger partial charge in [0.15, 0.2) is 0 Å². The minimum atomic E-state index is 0.209. The molecular formula is C14H22N4OS. The van der Waals surface area contributed by atoms with Crippen LogP contribution in [-0.2, 0) is 0 Å². The molecule has 0 atom stereocenters. The lowest BCUT2D eigenvalue weighted by Gasteiger charge is -2.24. The molecule has 1 aliphatic heterocycles. The Morgan fingerprint density at radius 2 is 2.15 bits per heavy atom. The summed E-state index contributed by atoms with van der Waals surface area (Å²) in [6, 6.07) is 3.89. The molecule has 0 amide bonds. The molecule has 1 aliphatic rings. The van der Waals surface area contributed by atoms with E-state index in [0.717, 1.165) is 56.2 Å². The van der Waals surface area contributed by atoms with Crippen LogP contribution in [0, 0.1) is 6.92 Å². The molecule has 0 unspecified atom stereocenters. The first-order chi connectivity index (χ1) is 9.61. The van der Waals surface area contributed by atoms with Gasteiger partial charge in [0, 0.05) is 31.9 Å². The van der Waals surface area contributed by atoms with Crippen molar-refractivity contribution in [3.05, 3.63) is 23.4 Å². The number of hydrogen-bond acceptors (Lipinski definition) is 5. The zero-order valence-corrected chi connectivity index (χ0v) is 12.7. The number of rotatable bonds is 4. The van der Waals surface area contributed by atoms with Crippen LogP contribution in [0.15, 0.2) is 12.1 Å². The van der Waals surface area contributed by atoms with Gasteiger partial charge in [-0.3, -0.25) is 4.90 Å². The van der Waals surface area contributed by atoms with Crippen LogP contribution in [0.2, 0.25) is 0 Å². The highest BCUT2D eigenvalue weighted by Gasteiger charge is 2.19.